The summed E-state index contributed by atoms with van der Waals surface area (Å²) < 4.78 is 6.37. The number of amides is 2. The van der Waals surface area contributed by atoms with E-state index in [1.807, 2.05) is 42.5 Å². The Morgan fingerprint density at radius 3 is 2.65 bits per heavy atom. The zero-order chi connectivity index (χ0) is 21.6. The summed E-state index contributed by atoms with van der Waals surface area (Å²) >= 11 is 3.44. The molecule has 1 unspecified atom stereocenters. The fourth-order valence-electron chi connectivity index (χ4n) is 3.45. The molecule has 1 atom stereocenters. The van der Waals surface area contributed by atoms with Gasteiger partial charge in [-0.05, 0) is 67.4 Å². The maximum Gasteiger partial charge on any atom is 0.258 e. The van der Waals surface area contributed by atoms with Gasteiger partial charge in [0, 0.05) is 34.2 Å². The number of hydrogen-bond donors (Lipinski definition) is 1. The molecule has 1 aliphatic heterocycles. The molecule has 1 aliphatic rings. The van der Waals surface area contributed by atoms with Crippen molar-refractivity contribution in [1.82, 2.24) is 4.98 Å². The largest absolute Gasteiger partial charge is 0.368 e. The maximum atomic E-state index is 13.5. The molecule has 1 N–H and O–H groups in total. The van der Waals surface area contributed by atoms with Gasteiger partial charge < -0.3 is 15.0 Å². The van der Waals surface area contributed by atoms with E-state index >= 15 is 0 Å². The van der Waals surface area contributed by atoms with E-state index in [9.17, 15) is 9.59 Å². The first-order chi connectivity index (χ1) is 15.1. The predicted octanol–water partition coefficient (Wildman–Crippen LogP) is 4.81. The molecule has 158 valence electrons. The summed E-state index contributed by atoms with van der Waals surface area (Å²) in [6.07, 6.45) is 2.88. The number of carbonyl (C=O) groups excluding carboxylic acids is 2. The van der Waals surface area contributed by atoms with Gasteiger partial charge >= 0.3 is 0 Å². The third kappa shape index (κ3) is 5.37. The Hall–Kier alpha value is -3.03. The van der Waals surface area contributed by atoms with E-state index in [1.54, 1.807) is 35.4 Å². The minimum Gasteiger partial charge on any atom is -0.368 e. The second-order valence-electron chi connectivity index (χ2n) is 7.26. The van der Waals surface area contributed by atoms with E-state index in [4.69, 9.17) is 4.74 Å². The quantitative estimate of drug-likeness (QED) is 0.550. The molecule has 2 heterocycles. The zero-order valence-electron chi connectivity index (χ0n) is 16.8. The first kappa shape index (κ1) is 21.2. The molecule has 0 aliphatic carbocycles. The van der Waals surface area contributed by atoms with E-state index < -0.39 is 6.10 Å². The van der Waals surface area contributed by atoms with Crippen LogP contribution in [0.4, 0.5) is 11.4 Å². The van der Waals surface area contributed by atoms with Crippen molar-refractivity contribution >= 4 is 39.1 Å². The molecule has 31 heavy (non-hydrogen) atoms. The number of anilines is 2. The molecule has 0 spiro atoms. The standard InChI is InChI=1S/C24H22BrN3O3/c25-18-9-11-21(12-10-18)28(16-20-6-1-2-13-26-20)24(30)17-5-3-7-19(15-17)27-23(29)22-8-4-14-31-22/h1-3,5-7,9-13,15,22H,4,8,14,16H2,(H,27,29). The van der Waals surface area contributed by atoms with Crippen LogP contribution in [0.1, 0.15) is 28.9 Å². The lowest BCUT2D eigenvalue weighted by Crippen LogP contribution is -2.31. The number of hydrogen-bond acceptors (Lipinski definition) is 4. The number of carbonyl (C=O) groups is 2. The molecule has 2 aromatic carbocycles. The summed E-state index contributed by atoms with van der Waals surface area (Å²) in [7, 11) is 0. The van der Waals surface area contributed by atoms with Crippen LogP contribution >= 0.6 is 15.9 Å². The van der Waals surface area contributed by atoms with Gasteiger partial charge in [-0.2, -0.15) is 0 Å². The predicted molar refractivity (Wildman–Crippen MR) is 123 cm³/mol. The van der Waals surface area contributed by atoms with Crippen LogP contribution in [0.3, 0.4) is 0 Å². The highest BCUT2D eigenvalue weighted by molar-refractivity contribution is 9.10. The molecule has 7 heteroatoms. The van der Waals surface area contributed by atoms with E-state index in [0.29, 0.717) is 30.8 Å². The molecular formula is C24H22BrN3O3. The van der Waals surface area contributed by atoms with Crippen LogP contribution in [0.5, 0.6) is 0 Å². The van der Waals surface area contributed by atoms with Crippen molar-refractivity contribution in [1.29, 1.82) is 0 Å². The first-order valence-electron chi connectivity index (χ1n) is 10.1. The fourth-order valence-corrected chi connectivity index (χ4v) is 3.71. The Morgan fingerprint density at radius 1 is 1.10 bits per heavy atom. The molecule has 4 rings (SSSR count). The summed E-state index contributed by atoms with van der Waals surface area (Å²) in [5, 5.41) is 2.86. The average Bonchev–Trinajstić information content (AvgIpc) is 3.34. The van der Waals surface area contributed by atoms with Gasteiger partial charge in [0.05, 0.1) is 12.2 Å². The first-order valence-corrected chi connectivity index (χ1v) is 10.9. The van der Waals surface area contributed by atoms with Crippen molar-refractivity contribution < 1.29 is 14.3 Å². The number of rotatable bonds is 6. The highest BCUT2D eigenvalue weighted by atomic mass is 79.9. The molecule has 0 saturated carbocycles. The topological polar surface area (TPSA) is 71.5 Å². The molecule has 1 fully saturated rings. The SMILES string of the molecule is O=C(Nc1cccc(C(=O)N(Cc2ccccn2)c2ccc(Br)cc2)c1)C1CCCO1. The van der Waals surface area contributed by atoms with Crippen LogP contribution < -0.4 is 10.2 Å². The number of pyridine rings is 1. The minimum atomic E-state index is -0.428. The summed E-state index contributed by atoms with van der Waals surface area (Å²) in [4.78, 5) is 31.9. The van der Waals surface area contributed by atoms with Crippen molar-refractivity contribution in [3.8, 4) is 0 Å². The van der Waals surface area contributed by atoms with Crippen molar-refractivity contribution in [3.05, 3.63) is 88.7 Å². The van der Waals surface area contributed by atoms with Gasteiger partial charge in [-0.1, -0.05) is 28.1 Å². The van der Waals surface area contributed by atoms with E-state index in [2.05, 4.69) is 26.2 Å². The van der Waals surface area contributed by atoms with Crippen molar-refractivity contribution in [3.63, 3.8) is 0 Å². The summed E-state index contributed by atoms with van der Waals surface area (Å²) in [6.45, 7) is 0.931. The number of halogens is 1. The molecular weight excluding hydrogens is 458 g/mol. The van der Waals surface area contributed by atoms with Crippen LogP contribution in [0.25, 0.3) is 0 Å². The Labute approximate surface area is 189 Å². The zero-order valence-corrected chi connectivity index (χ0v) is 18.4. The molecule has 6 nitrogen and oxygen atoms in total. The minimum absolute atomic E-state index is 0.179. The Kier molecular flexibility index (Phi) is 6.74. The van der Waals surface area contributed by atoms with Gasteiger partial charge in [0.2, 0.25) is 0 Å². The number of nitrogens with zero attached hydrogens (tertiary/aromatic N) is 2. The summed E-state index contributed by atoms with van der Waals surface area (Å²) in [5.41, 5.74) is 2.58. The second kappa shape index (κ2) is 9.85. The fraction of sp³-hybridized carbons (Fsp3) is 0.208. The van der Waals surface area contributed by atoms with Gasteiger partial charge in [0.1, 0.15) is 6.10 Å². The Morgan fingerprint density at radius 2 is 1.94 bits per heavy atom. The highest BCUT2D eigenvalue weighted by Gasteiger charge is 2.24. The molecule has 2 amide bonds. The van der Waals surface area contributed by atoms with Crippen LogP contribution in [-0.2, 0) is 16.1 Å². The Bertz CT molecular complexity index is 1050. The molecule has 1 aromatic heterocycles. The van der Waals surface area contributed by atoms with Gasteiger partial charge in [0.25, 0.3) is 11.8 Å². The smallest absolute Gasteiger partial charge is 0.258 e. The lowest BCUT2D eigenvalue weighted by Gasteiger charge is -2.23. The molecule has 0 radical (unpaired) electrons. The lowest BCUT2D eigenvalue weighted by atomic mass is 10.1. The van der Waals surface area contributed by atoms with Crippen LogP contribution in [-0.4, -0.2) is 29.5 Å². The third-order valence-electron chi connectivity index (χ3n) is 5.03. The van der Waals surface area contributed by atoms with Gasteiger partial charge in [-0.3, -0.25) is 14.6 Å². The number of benzene rings is 2. The van der Waals surface area contributed by atoms with Crippen molar-refractivity contribution in [2.75, 3.05) is 16.8 Å². The Balaban J connectivity index is 1.58. The maximum absolute atomic E-state index is 13.5. The molecule has 3 aromatic rings. The summed E-state index contributed by atoms with van der Waals surface area (Å²) in [6, 6.07) is 20.2. The number of nitrogens with one attached hydrogen (secondary N) is 1. The van der Waals surface area contributed by atoms with Gasteiger partial charge in [-0.15, -0.1) is 0 Å². The van der Waals surface area contributed by atoms with E-state index in [0.717, 1.165) is 22.3 Å². The van der Waals surface area contributed by atoms with Gasteiger partial charge in [-0.25, -0.2) is 0 Å². The van der Waals surface area contributed by atoms with Gasteiger partial charge in [0.15, 0.2) is 0 Å². The lowest BCUT2D eigenvalue weighted by molar-refractivity contribution is -0.124. The van der Waals surface area contributed by atoms with E-state index in [1.165, 1.54) is 0 Å². The summed E-state index contributed by atoms with van der Waals surface area (Å²) in [5.74, 6) is -0.360. The second-order valence-corrected chi connectivity index (χ2v) is 8.18. The van der Waals surface area contributed by atoms with Crippen LogP contribution in [0.2, 0.25) is 0 Å². The number of aromatic nitrogens is 1. The third-order valence-corrected chi connectivity index (χ3v) is 5.56. The van der Waals surface area contributed by atoms with Crippen LogP contribution in [0.15, 0.2) is 77.4 Å². The number of ether oxygens (including phenoxy) is 1. The normalized spacial score (nSPS) is 15.5. The molecule has 0 bridgehead atoms. The van der Waals surface area contributed by atoms with Crippen molar-refractivity contribution in [2.24, 2.45) is 0 Å². The van der Waals surface area contributed by atoms with Crippen LogP contribution in [0, 0.1) is 0 Å². The van der Waals surface area contributed by atoms with E-state index in [-0.39, 0.29) is 11.8 Å². The highest BCUT2D eigenvalue weighted by Crippen LogP contribution is 2.24. The van der Waals surface area contributed by atoms with Crippen molar-refractivity contribution in [2.45, 2.75) is 25.5 Å². The average molecular weight is 480 g/mol. The monoisotopic (exact) mass is 479 g/mol. The molecule has 1 saturated heterocycles.